The molecule has 1 aromatic carbocycles. The van der Waals surface area contributed by atoms with Gasteiger partial charge in [0.05, 0.1) is 24.4 Å². The molecule has 0 aliphatic heterocycles. The van der Waals surface area contributed by atoms with E-state index in [1.54, 1.807) is 6.92 Å². The van der Waals surface area contributed by atoms with Gasteiger partial charge in [-0.1, -0.05) is 0 Å². The highest BCUT2D eigenvalue weighted by Gasteiger charge is 2.56. The fraction of sp³-hybridized carbons (Fsp3) is 0.261. The number of nitrogens with zero attached hydrogens (tertiary/aromatic N) is 5. The molecule has 4 rings (SSSR count). The predicted octanol–water partition coefficient (Wildman–Crippen LogP) is 3.21. The Bertz CT molecular complexity index is 1410. The van der Waals surface area contributed by atoms with Gasteiger partial charge in [0.25, 0.3) is 5.91 Å². The first-order chi connectivity index (χ1) is 17.0. The van der Waals surface area contributed by atoms with E-state index in [-0.39, 0.29) is 34.7 Å². The number of tetrazole rings is 1. The second-order valence-corrected chi connectivity index (χ2v) is 7.88. The van der Waals surface area contributed by atoms with Crippen LogP contribution in [0.3, 0.4) is 0 Å². The van der Waals surface area contributed by atoms with Gasteiger partial charge in [0, 0.05) is 11.8 Å². The summed E-state index contributed by atoms with van der Waals surface area (Å²) in [6.07, 6.45) is -3.98. The van der Waals surface area contributed by atoms with Crippen LogP contribution in [0.5, 0.6) is 5.75 Å². The molecule has 4 aromatic rings. The Balaban J connectivity index is 1.72. The SMILES string of the molecule is CCOc1c(C)cc([C@@](O)(CNC(=O)c2ccc3nnnn3c2)C(F)(F)F)nc1-c1ccc(F)cc1. The molecule has 0 unspecified atom stereocenters. The molecule has 3 heterocycles. The van der Waals surface area contributed by atoms with Crippen molar-refractivity contribution in [1.82, 2.24) is 30.3 Å². The van der Waals surface area contributed by atoms with Crippen LogP contribution in [0.15, 0.2) is 48.7 Å². The Hall–Kier alpha value is -4.13. The fourth-order valence-electron chi connectivity index (χ4n) is 3.52. The molecule has 188 valence electrons. The van der Waals surface area contributed by atoms with Gasteiger partial charge in [-0.25, -0.2) is 9.37 Å². The lowest BCUT2D eigenvalue weighted by Gasteiger charge is -2.31. The number of hydrogen-bond acceptors (Lipinski definition) is 7. The van der Waals surface area contributed by atoms with Crippen molar-refractivity contribution in [3.63, 3.8) is 0 Å². The van der Waals surface area contributed by atoms with Crippen molar-refractivity contribution in [3.05, 3.63) is 71.3 Å². The summed E-state index contributed by atoms with van der Waals surface area (Å²) in [4.78, 5) is 16.7. The first kappa shape index (κ1) is 25.0. The number of halogens is 4. The van der Waals surface area contributed by atoms with E-state index in [1.165, 1.54) is 41.9 Å². The van der Waals surface area contributed by atoms with Crippen molar-refractivity contribution >= 4 is 11.6 Å². The Morgan fingerprint density at radius 2 is 1.89 bits per heavy atom. The Morgan fingerprint density at radius 1 is 1.17 bits per heavy atom. The summed E-state index contributed by atoms with van der Waals surface area (Å²) in [5.41, 5.74) is -3.46. The smallest absolute Gasteiger partial charge is 0.424 e. The van der Waals surface area contributed by atoms with E-state index in [0.29, 0.717) is 5.65 Å². The van der Waals surface area contributed by atoms with Crippen molar-refractivity contribution in [1.29, 1.82) is 0 Å². The quantitative estimate of drug-likeness (QED) is 0.372. The summed E-state index contributed by atoms with van der Waals surface area (Å²) in [6, 6.07) is 8.74. The van der Waals surface area contributed by atoms with E-state index >= 15 is 0 Å². The van der Waals surface area contributed by atoms with Crippen LogP contribution in [-0.2, 0) is 5.60 Å². The topological polar surface area (TPSA) is 115 Å². The number of pyridine rings is 2. The lowest BCUT2D eigenvalue weighted by molar-refractivity contribution is -0.265. The van der Waals surface area contributed by atoms with E-state index in [1.807, 2.05) is 0 Å². The fourth-order valence-corrected chi connectivity index (χ4v) is 3.52. The van der Waals surface area contributed by atoms with Crippen molar-refractivity contribution in [3.8, 4) is 17.0 Å². The van der Waals surface area contributed by atoms with Crippen LogP contribution in [0.25, 0.3) is 16.9 Å². The predicted molar refractivity (Wildman–Crippen MR) is 119 cm³/mol. The minimum Gasteiger partial charge on any atom is -0.491 e. The molecule has 0 aliphatic carbocycles. The highest BCUT2D eigenvalue weighted by Crippen LogP contribution is 2.41. The maximum atomic E-state index is 14.2. The summed E-state index contributed by atoms with van der Waals surface area (Å²) in [7, 11) is 0. The number of ether oxygens (including phenoxy) is 1. The van der Waals surface area contributed by atoms with Crippen LogP contribution in [-0.4, -0.2) is 55.4 Å². The first-order valence-corrected chi connectivity index (χ1v) is 10.7. The summed E-state index contributed by atoms with van der Waals surface area (Å²) in [5, 5.41) is 23.7. The van der Waals surface area contributed by atoms with E-state index in [4.69, 9.17) is 4.74 Å². The number of benzene rings is 1. The molecule has 0 saturated heterocycles. The van der Waals surface area contributed by atoms with Crippen LogP contribution in [0.1, 0.15) is 28.5 Å². The van der Waals surface area contributed by atoms with E-state index in [9.17, 15) is 27.5 Å². The van der Waals surface area contributed by atoms with Gasteiger partial charge < -0.3 is 15.2 Å². The Morgan fingerprint density at radius 3 is 2.56 bits per heavy atom. The van der Waals surface area contributed by atoms with Gasteiger partial charge in [-0.15, -0.1) is 5.10 Å². The van der Waals surface area contributed by atoms with Crippen molar-refractivity contribution in [2.24, 2.45) is 0 Å². The highest BCUT2D eigenvalue weighted by atomic mass is 19.4. The van der Waals surface area contributed by atoms with Crippen LogP contribution < -0.4 is 10.1 Å². The summed E-state index contributed by atoms with van der Waals surface area (Å²) in [6.45, 7) is 2.16. The van der Waals surface area contributed by atoms with E-state index in [2.05, 4.69) is 25.8 Å². The molecule has 0 saturated carbocycles. The zero-order chi connectivity index (χ0) is 26.1. The summed E-state index contributed by atoms with van der Waals surface area (Å²) in [5.74, 6) is -1.24. The first-order valence-electron chi connectivity index (χ1n) is 10.7. The number of alkyl halides is 3. The van der Waals surface area contributed by atoms with Gasteiger partial charge in [0.2, 0.25) is 5.60 Å². The molecular weight excluding hydrogens is 484 g/mol. The van der Waals surface area contributed by atoms with Gasteiger partial charge in [-0.3, -0.25) is 4.79 Å². The number of amides is 1. The van der Waals surface area contributed by atoms with Crippen LogP contribution >= 0.6 is 0 Å². The molecule has 36 heavy (non-hydrogen) atoms. The number of carbonyl (C=O) groups excluding carboxylic acids is 1. The number of aromatic nitrogens is 5. The van der Waals surface area contributed by atoms with Crippen molar-refractivity contribution in [2.75, 3.05) is 13.2 Å². The minimum atomic E-state index is -5.22. The molecule has 9 nitrogen and oxygen atoms in total. The zero-order valence-electron chi connectivity index (χ0n) is 19.0. The van der Waals surface area contributed by atoms with Crippen molar-refractivity contribution in [2.45, 2.75) is 25.6 Å². The monoisotopic (exact) mass is 504 g/mol. The third kappa shape index (κ3) is 4.69. The Kier molecular flexibility index (Phi) is 6.59. The second kappa shape index (κ2) is 9.49. The highest BCUT2D eigenvalue weighted by molar-refractivity contribution is 5.94. The summed E-state index contributed by atoms with van der Waals surface area (Å²) < 4.78 is 62.9. The van der Waals surface area contributed by atoms with Gasteiger partial charge in [-0.05, 0) is 72.3 Å². The number of aliphatic hydroxyl groups is 1. The standard InChI is InChI=1S/C23H20F4N6O3/c1-3-36-20-13(2)10-17(29-19(20)14-4-7-16(24)8-5-14)22(35,23(25,26)27)12-28-21(34)15-6-9-18-30-31-32-33(18)11-15/h4-11,35H,3,12H2,1-2H3,(H,28,34)/t22-/m0/s1. The number of carbonyl (C=O) groups is 1. The molecule has 3 aromatic heterocycles. The second-order valence-electron chi connectivity index (χ2n) is 7.88. The molecule has 0 fully saturated rings. The molecule has 0 aliphatic rings. The normalized spacial score (nSPS) is 13.4. The van der Waals surface area contributed by atoms with Crippen molar-refractivity contribution < 1.29 is 32.2 Å². The van der Waals surface area contributed by atoms with Crippen LogP contribution in [0.4, 0.5) is 17.6 Å². The van der Waals surface area contributed by atoms with Gasteiger partial charge in [0.1, 0.15) is 17.3 Å². The zero-order valence-corrected chi connectivity index (χ0v) is 19.0. The molecule has 1 amide bonds. The molecule has 1 atom stereocenters. The molecular formula is C23H20F4N6O3. The lowest BCUT2D eigenvalue weighted by atomic mass is 9.95. The molecule has 13 heteroatoms. The van der Waals surface area contributed by atoms with Gasteiger partial charge in [0.15, 0.2) is 5.65 Å². The largest absolute Gasteiger partial charge is 0.491 e. The average Bonchev–Trinajstić information content (AvgIpc) is 3.31. The molecule has 0 radical (unpaired) electrons. The molecule has 0 spiro atoms. The summed E-state index contributed by atoms with van der Waals surface area (Å²) >= 11 is 0. The number of nitrogens with one attached hydrogen (secondary N) is 1. The number of fused-ring (bicyclic) bond motifs is 1. The number of aryl methyl sites for hydroxylation is 1. The van der Waals surface area contributed by atoms with Gasteiger partial charge >= 0.3 is 6.18 Å². The third-order valence-corrected chi connectivity index (χ3v) is 5.42. The average molecular weight is 504 g/mol. The molecule has 2 N–H and O–H groups in total. The lowest BCUT2D eigenvalue weighted by Crippen LogP contribution is -2.51. The van der Waals surface area contributed by atoms with Gasteiger partial charge in [-0.2, -0.15) is 17.7 Å². The number of hydrogen-bond donors (Lipinski definition) is 2. The minimum absolute atomic E-state index is 0.00927. The van der Waals surface area contributed by atoms with Crippen LogP contribution in [0.2, 0.25) is 0 Å². The Labute approximate surface area is 201 Å². The van der Waals surface area contributed by atoms with E-state index < -0.39 is 35.7 Å². The molecule has 0 bridgehead atoms. The third-order valence-electron chi connectivity index (χ3n) is 5.42. The maximum absolute atomic E-state index is 14.2. The van der Waals surface area contributed by atoms with Crippen LogP contribution in [0, 0.1) is 12.7 Å². The number of rotatable bonds is 7. The van der Waals surface area contributed by atoms with E-state index in [0.717, 1.165) is 18.2 Å². The maximum Gasteiger partial charge on any atom is 0.424 e.